The predicted molar refractivity (Wildman–Crippen MR) is 93.4 cm³/mol. The summed E-state index contributed by atoms with van der Waals surface area (Å²) in [5.74, 6) is -0.164. The Kier molecular flexibility index (Phi) is 8.18. The number of hydrogen-bond acceptors (Lipinski definition) is 5. The molecule has 1 N–H and O–H groups in total. The van der Waals surface area contributed by atoms with E-state index in [1.54, 1.807) is 6.92 Å². The van der Waals surface area contributed by atoms with E-state index in [1.807, 2.05) is 6.92 Å². The van der Waals surface area contributed by atoms with Gasteiger partial charge in [-0.05, 0) is 32.4 Å². The number of hydrogen-bond donors (Lipinski definition) is 1. The van der Waals surface area contributed by atoms with Gasteiger partial charge in [-0.1, -0.05) is 6.92 Å². The molecule has 6 nitrogen and oxygen atoms in total. The van der Waals surface area contributed by atoms with Gasteiger partial charge in [-0.3, -0.25) is 4.68 Å². The Morgan fingerprint density at radius 2 is 1.89 bits per heavy atom. The summed E-state index contributed by atoms with van der Waals surface area (Å²) in [6, 6.07) is 2.72. The van der Waals surface area contributed by atoms with Gasteiger partial charge in [0.2, 0.25) is 0 Å². The van der Waals surface area contributed by atoms with Crippen LogP contribution in [0.2, 0.25) is 0 Å². The first-order valence-electron chi connectivity index (χ1n) is 8.40. The van der Waals surface area contributed by atoms with Crippen LogP contribution in [0.4, 0.5) is 23.2 Å². The second-order valence-corrected chi connectivity index (χ2v) is 5.68. The molecule has 1 aromatic heterocycles. The van der Waals surface area contributed by atoms with Crippen molar-refractivity contribution in [1.82, 2.24) is 9.78 Å². The zero-order chi connectivity index (χ0) is 21.5. The highest BCUT2D eigenvalue weighted by Crippen LogP contribution is 2.36. The van der Waals surface area contributed by atoms with Crippen LogP contribution in [0.15, 0.2) is 18.2 Å². The molecule has 0 fully saturated rings. The molecular formula is C18H21F4N3O3. The van der Waals surface area contributed by atoms with Crippen LogP contribution in [0.1, 0.15) is 26.5 Å². The number of methoxy groups -OCH3 is 1. The van der Waals surface area contributed by atoms with E-state index in [2.05, 4.69) is 10.4 Å². The molecule has 1 aromatic carbocycles. The quantitative estimate of drug-likeness (QED) is 0.737. The van der Waals surface area contributed by atoms with Gasteiger partial charge in [0, 0.05) is 23.9 Å². The highest BCUT2D eigenvalue weighted by molar-refractivity contribution is 5.72. The number of anilines is 1. The van der Waals surface area contributed by atoms with Crippen LogP contribution in [-0.4, -0.2) is 35.3 Å². The molecular weight excluding hydrogens is 382 g/mol. The zero-order valence-corrected chi connectivity index (χ0v) is 15.9. The summed E-state index contributed by atoms with van der Waals surface area (Å²) >= 11 is 0. The van der Waals surface area contributed by atoms with Gasteiger partial charge >= 0.3 is 12.3 Å². The van der Waals surface area contributed by atoms with Gasteiger partial charge in [-0.25, -0.2) is 4.39 Å². The Hall–Kier alpha value is -2.87. The summed E-state index contributed by atoms with van der Waals surface area (Å²) in [6.07, 6.45) is -3.67. The average Bonchev–Trinajstić information content (AvgIpc) is 2.97. The molecule has 0 spiro atoms. The van der Waals surface area contributed by atoms with E-state index in [-0.39, 0.29) is 23.3 Å². The highest BCUT2D eigenvalue weighted by Gasteiger charge is 2.36. The van der Waals surface area contributed by atoms with Gasteiger partial charge in [0.1, 0.15) is 17.5 Å². The number of nitrogens with one attached hydrogen (secondary N) is 1. The number of halogens is 4. The van der Waals surface area contributed by atoms with E-state index < -0.39 is 18.0 Å². The third kappa shape index (κ3) is 5.32. The van der Waals surface area contributed by atoms with E-state index in [1.165, 1.54) is 30.0 Å². The van der Waals surface area contributed by atoms with Crippen molar-refractivity contribution in [2.24, 2.45) is 0 Å². The smallest absolute Gasteiger partial charge is 0.408 e. The molecule has 2 rings (SSSR count). The Labute approximate surface area is 159 Å². The summed E-state index contributed by atoms with van der Waals surface area (Å²) in [5, 5.41) is 6.60. The van der Waals surface area contributed by atoms with E-state index in [0.717, 1.165) is 6.92 Å². The number of rotatable bonds is 6. The van der Waals surface area contributed by atoms with E-state index in [4.69, 9.17) is 14.3 Å². The molecule has 0 amide bonds. The lowest BCUT2D eigenvalue weighted by Crippen LogP contribution is -2.33. The minimum Gasteiger partial charge on any atom is -0.496 e. The molecule has 0 aliphatic heterocycles. The van der Waals surface area contributed by atoms with Gasteiger partial charge < -0.3 is 10.1 Å². The lowest BCUT2D eigenvalue weighted by Gasteiger charge is -2.19. The summed E-state index contributed by atoms with van der Waals surface area (Å²) in [5.41, 5.74) is 1.29. The molecule has 0 unspecified atom stereocenters. The molecule has 0 radical (unpaired) electrons. The van der Waals surface area contributed by atoms with E-state index in [9.17, 15) is 17.6 Å². The molecule has 1 heterocycles. The Balaban J connectivity index is 0.00000122. The molecule has 10 heteroatoms. The van der Waals surface area contributed by atoms with Crippen molar-refractivity contribution in [3.05, 3.63) is 29.7 Å². The SMILES string of the molecule is CCc1nn(CC)c(-c2ccc(N[C@H](C)C(F)(F)F)cc2OC)c1F.O=C=O. The second kappa shape index (κ2) is 9.89. The maximum atomic E-state index is 14.6. The van der Waals surface area contributed by atoms with Gasteiger partial charge in [0.15, 0.2) is 5.82 Å². The highest BCUT2D eigenvalue weighted by atomic mass is 19.4. The van der Waals surface area contributed by atoms with Crippen LogP contribution >= 0.6 is 0 Å². The third-order valence-corrected chi connectivity index (χ3v) is 3.93. The number of ether oxygens (including phenoxy) is 1. The Morgan fingerprint density at radius 1 is 1.29 bits per heavy atom. The van der Waals surface area contributed by atoms with Gasteiger partial charge in [-0.15, -0.1) is 0 Å². The van der Waals surface area contributed by atoms with Gasteiger partial charge in [0.05, 0.1) is 12.8 Å². The van der Waals surface area contributed by atoms with Crippen molar-refractivity contribution in [2.45, 2.75) is 46.0 Å². The number of nitrogens with zero attached hydrogens (tertiary/aromatic N) is 2. The van der Waals surface area contributed by atoms with Crippen LogP contribution < -0.4 is 10.1 Å². The van der Waals surface area contributed by atoms with Gasteiger partial charge in [0.25, 0.3) is 0 Å². The molecule has 0 bridgehead atoms. The van der Waals surface area contributed by atoms with Crippen molar-refractivity contribution < 1.29 is 31.9 Å². The van der Waals surface area contributed by atoms with Crippen molar-refractivity contribution in [3.63, 3.8) is 0 Å². The van der Waals surface area contributed by atoms with E-state index in [0.29, 0.717) is 24.2 Å². The number of aryl methyl sites for hydroxylation is 2. The number of alkyl halides is 3. The standard InChI is InChI=1S/C17H21F4N3O.CO2/c1-5-13-15(18)16(24(6-2)23-13)12-8-7-11(9-14(12)25-4)22-10(3)17(19,20)21;2-1-3/h7-10,22H,5-6H2,1-4H3;/t10-;/m1./s1. The number of aromatic nitrogens is 2. The maximum Gasteiger partial charge on any atom is 0.408 e. The summed E-state index contributed by atoms with van der Waals surface area (Å²) in [6.45, 7) is 5.13. The first-order valence-corrected chi connectivity index (χ1v) is 8.40. The Bertz CT molecular complexity index is 828. The molecule has 28 heavy (non-hydrogen) atoms. The van der Waals surface area contributed by atoms with Crippen LogP contribution in [0, 0.1) is 5.82 Å². The van der Waals surface area contributed by atoms with Crippen molar-refractivity contribution >= 4 is 11.8 Å². The lowest BCUT2D eigenvalue weighted by atomic mass is 10.1. The number of benzene rings is 1. The predicted octanol–water partition coefficient (Wildman–Crippen LogP) is 4.06. The monoisotopic (exact) mass is 403 g/mol. The van der Waals surface area contributed by atoms with E-state index >= 15 is 0 Å². The largest absolute Gasteiger partial charge is 0.496 e. The number of carbonyl (C=O) groups excluding carboxylic acids is 2. The minimum absolute atomic E-state index is 0.240. The normalized spacial score (nSPS) is 11.9. The molecule has 154 valence electrons. The third-order valence-electron chi connectivity index (χ3n) is 3.93. The fraction of sp³-hybridized carbons (Fsp3) is 0.444. The maximum absolute atomic E-state index is 14.6. The molecule has 0 saturated heterocycles. The van der Waals surface area contributed by atoms with Crippen molar-refractivity contribution in [3.8, 4) is 17.0 Å². The summed E-state index contributed by atoms with van der Waals surface area (Å²) in [7, 11) is 1.39. The average molecular weight is 403 g/mol. The van der Waals surface area contributed by atoms with Gasteiger partial charge in [-0.2, -0.15) is 27.9 Å². The molecule has 0 aliphatic rings. The van der Waals surface area contributed by atoms with Crippen molar-refractivity contribution in [2.75, 3.05) is 12.4 Å². The topological polar surface area (TPSA) is 73.2 Å². The molecule has 0 aliphatic carbocycles. The summed E-state index contributed by atoms with van der Waals surface area (Å²) in [4.78, 5) is 16.2. The molecule has 0 saturated carbocycles. The Morgan fingerprint density at radius 3 is 2.36 bits per heavy atom. The fourth-order valence-electron chi connectivity index (χ4n) is 2.51. The van der Waals surface area contributed by atoms with Crippen LogP contribution in [0.3, 0.4) is 0 Å². The molecule has 1 atom stereocenters. The second-order valence-electron chi connectivity index (χ2n) is 5.68. The zero-order valence-electron chi connectivity index (χ0n) is 15.9. The van der Waals surface area contributed by atoms with Crippen LogP contribution in [0.25, 0.3) is 11.3 Å². The fourth-order valence-corrected chi connectivity index (χ4v) is 2.51. The minimum atomic E-state index is -4.37. The van der Waals surface area contributed by atoms with Crippen molar-refractivity contribution in [1.29, 1.82) is 0 Å². The van der Waals surface area contributed by atoms with Crippen LogP contribution in [0.5, 0.6) is 5.75 Å². The first-order chi connectivity index (χ1) is 13.1. The lowest BCUT2D eigenvalue weighted by molar-refractivity contribution is -0.191. The first kappa shape index (κ1) is 23.2. The summed E-state index contributed by atoms with van der Waals surface area (Å²) < 4.78 is 59.5. The molecule has 2 aromatic rings. The van der Waals surface area contributed by atoms with Crippen LogP contribution in [-0.2, 0) is 22.6 Å².